The second-order valence-electron chi connectivity index (χ2n) is 3.62. The molecule has 1 aromatic rings. The molecule has 0 fully saturated rings. The maximum absolute atomic E-state index is 9.05. The molecule has 0 aliphatic carbocycles. The standard InChI is InChI=1S/C11H19N3OS2/c1-4-5-12-9-6-10(17-8(2)7-15)14-11(13-9)16-3/h6,8,15H,4-5,7H2,1-3H3,(H,12,13,14). The molecule has 1 heterocycles. The Morgan fingerprint density at radius 3 is 2.82 bits per heavy atom. The predicted molar refractivity (Wildman–Crippen MR) is 75.0 cm³/mol. The molecule has 1 atom stereocenters. The molecule has 1 aromatic heterocycles. The zero-order valence-corrected chi connectivity index (χ0v) is 12.1. The minimum atomic E-state index is 0.152. The normalized spacial score (nSPS) is 12.5. The van der Waals surface area contributed by atoms with Gasteiger partial charge in [0.25, 0.3) is 0 Å². The topological polar surface area (TPSA) is 58.0 Å². The first-order chi connectivity index (χ1) is 8.19. The molecule has 0 aromatic carbocycles. The van der Waals surface area contributed by atoms with E-state index in [0.717, 1.165) is 29.0 Å². The van der Waals surface area contributed by atoms with Crippen molar-refractivity contribution in [3.63, 3.8) is 0 Å². The second-order valence-corrected chi connectivity index (χ2v) is 5.85. The largest absolute Gasteiger partial charge is 0.395 e. The Morgan fingerprint density at radius 2 is 2.24 bits per heavy atom. The van der Waals surface area contributed by atoms with E-state index in [2.05, 4.69) is 22.2 Å². The van der Waals surface area contributed by atoms with Gasteiger partial charge in [0.05, 0.1) is 6.61 Å². The zero-order chi connectivity index (χ0) is 12.7. The summed E-state index contributed by atoms with van der Waals surface area (Å²) in [6.45, 7) is 5.16. The van der Waals surface area contributed by atoms with E-state index in [9.17, 15) is 0 Å². The van der Waals surface area contributed by atoms with E-state index in [-0.39, 0.29) is 11.9 Å². The lowest BCUT2D eigenvalue weighted by atomic mass is 10.4. The van der Waals surface area contributed by atoms with Crippen LogP contribution in [0.2, 0.25) is 0 Å². The van der Waals surface area contributed by atoms with Crippen LogP contribution in [-0.2, 0) is 0 Å². The van der Waals surface area contributed by atoms with Gasteiger partial charge in [-0.25, -0.2) is 9.97 Å². The van der Waals surface area contributed by atoms with Gasteiger partial charge in [0.15, 0.2) is 5.16 Å². The quantitative estimate of drug-likeness (QED) is 0.452. The molecule has 4 nitrogen and oxygen atoms in total. The van der Waals surface area contributed by atoms with Gasteiger partial charge in [-0.3, -0.25) is 0 Å². The van der Waals surface area contributed by atoms with Gasteiger partial charge in [0.2, 0.25) is 0 Å². The molecule has 0 aliphatic rings. The van der Waals surface area contributed by atoms with Crippen LogP contribution in [0.1, 0.15) is 20.3 Å². The third-order valence-electron chi connectivity index (χ3n) is 2.00. The Morgan fingerprint density at radius 1 is 1.47 bits per heavy atom. The number of nitrogens with one attached hydrogen (secondary N) is 1. The Hall–Kier alpha value is -0.460. The molecule has 0 aliphatic heterocycles. The fourth-order valence-electron chi connectivity index (χ4n) is 1.14. The minimum Gasteiger partial charge on any atom is -0.395 e. The number of hydrogen-bond donors (Lipinski definition) is 2. The van der Waals surface area contributed by atoms with Crippen molar-refractivity contribution in [2.24, 2.45) is 0 Å². The Labute approximate surface area is 111 Å². The van der Waals surface area contributed by atoms with E-state index in [4.69, 9.17) is 5.11 Å². The van der Waals surface area contributed by atoms with Crippen LogP contribution >= 0.6 is 23.5 Å². The molecule has 0 amide bonds. The third kappa shape index (κ3) is 5.14. The average Bonchev–Trinajstić information content (AvgIpc) is 2.35. The maximum atomic E-state index is 9.05. The van der Waals surface area contributed by atoms with E-state index >= 15 is 0 Å². The minimum absolute atomic E-state index is 0.152. The summed E-state index contributed by atoms with van der Waals surface area (Å²) in [4.78, 5) is 8.80. The summed E-state index contributed by atoms with van der Waals surface area (Å²) in [6.07, 6.45) is 3.02. The van der Waals surface area contributed by atoms with Crippen LogP contribution < -0.4 is 5.32 Å². The van der Waals surface area contributed by atoms with Crippen molar-refractivity contribution < 1.29 is 5.11 Å². The van der Waals surface area contributed by atoms with Gasteiger partial charge in [-0.2, -0.15) is 0 Å². The number of rotatable bonds is 7. The van der Waals surface area contributed by atoms with Crippen LogP contribution in [0.5, 0.6) is 0 Å². The van der Waals surface area contributed by atoms with Crippen molar-refractivity contribution in [2.45, 2.75) is 35.7 Å². The van der Waals surface area contributed by atoms with Crippen LogP contribution in [0.4, 0.5) is 5.82 Å². The fraction of sp³-hybridized carbons (Fsp3) is 0.636. The lowest BCUT2D eigenvalue weighted by Gasteiger charge is -2.10. The van der Waals surface area contributed by atoms with Crippen LogP contribution in [0.3, 0.4) is 0 Å². The Bertz CT molecular complexity index is 349. The molecule has 6 heteroatoms. The molecule has 1 rings (SSSR count). The Kier molecular flexibility index (Phi) is 6.69. The van der Waals surface area contributed by atoms with Crippen molar-refractivity contribution in [3.05, 3.63) is 6.07 Å². The molecule has 17 heavy (non-hydrogen) atoms. The van der Waals surface area contributed by atoms with Gasteiger partial charge < -0.3 is 10.4 Å². The van der Waals surface area contributed by atoms with Gasteiger partial charge in [-0.1, -0.05) is 25.6 Å². The van der Waals surface area contributed by atoms with Crippen molar-refractivity contribution >= 4 is 29.3 Å². The number of anilines is 1. The molecular weight excluding hydrogens is 254 g/mol. The number of hydrogen-bond acceptors (Lipinski definition) is 6. The molecule has 0 saturated heterocycles. The second kappa shape index (κ2) is 7.79. The molecule has 2 N–H and O–H groups in total. The first kappa shape index (κ1) is 14.6. The lowest BCUT2D eigenvalue weighted by Crippen LogP contribution is -2.06. The summed E-state index contributed by atoms with van der Waals surface area (Å²) in [6, 6.07) is 1.94. The van der Waals surface area contributed by atoms with Gasteiger partial charge in [-0.15, -0.1) is 11.8 Å². The van der Waals surface area contributed by atoms with Crippen LogP contribution in [0.15, 0.2) is 16.2 Å². The van der Waals surface area contributed by atoms with Crippen LogP contribution in [0.25, 0.3) is 0 Å². The van der Waals surface area contributed by atoms with Crippen LogP contribution in [0, 0.1) is 0 Å². The number of nitrogens with zero attached hydrogens (tertiary/aromatic N) is 2. The van der Waals surface area contributed by atoms with Crippen molar-refractivity contribution in [3.8, 4) is 0 Å². The predicted octanol–water partition coefficient (Wildman–Crippen LogP) is 2.49. The highest BCUT2D eigenvalue weighted by atomic mass is 32.2. The SMILES string of the molecule is CCCNc1cc(SC(C)CO)nc(SC)n1. The highest BCUT2D eigenvalue weighted by Gasteiger charge is 2.08. The van der Waals surface area contributed by atoms with E-state index in [0.29, 0.717) is 0 Å². The van der Waals surface area contributed by atoms with Crippen molar-refractivity contribution in [1.29, 1.82) is 0 Å². The summed E-state index contributed by atoms with van der Waals surface area (Å²) >= 11 is 3.09. The summed E-state index contributed by atoms with van der Waals surface area (Å²) < 4.78 is 0. The number of thioether (sulfide) groups is 2. The highest BCUT2D eigenvalue weighted by Crippen LogP contribution is 2.25. The molecule has 0 bridgehead atoms. The summed E-state index contributed by atoms with van der Waals surface area (Å²) in [7, 11) is 0. The smallest absolute Gasteiger partial charge is 0.190 e. The van der Waals surface area contributed by atoms with Gasteiger partial charge in [-0.05, 0) is 12.7 Å². The van der Waals surface area contributed by atoms with Crippen molar-refractivity contribution in [1.82, 2.24) is 9.97 Å². The maximum Gasteiger partial charge on any atom is 0.190 e. The van der Waals surface area contributed by atoms with E-state index < -0.39 is 0 Å². The summed E-state index contributed by atoms with van der Waals surface area (Å²) in [5, 5.41) is 14.1. The molecule has 0 radical (unpaired) electrons. The fourth-order valence-corrected chi connectivity index (χ4v) is 2.39. The summed E-state index contributed by atoms with van der Waals surface area (Å²) in [5.74, 6) is 0.860. The zero-order valence-electron chi connectivity index (χ0n) is 10.4. The first-order valence-corrected chi connectivity index (χ1v) is 7.74. The molecule has 1 unspecified atom stereocenters. The molecular formula is C11H19N3OS2. The average molecular weight is 273 g/mol. The van der Waals surface area contributed by atoms with Gasteiger partial charge in [0.1, 0.15) is 10.8 Å². The molecule has 0 saturated carbocycles. The van der Waals surface area contributed by atoms with Crippen molar-refractivity contribution in [2.75, 3.05) is 24.7 Å². The van der Waals surface area contributed by atoms with E-state index in [1.165, 1.54) is 11.8 Å². The van der Waals surface area contributed by atoms with E-state index in [1.54, 1.807) is 11.8 Å². The van der Waals surface area contributed by atoms with Crippen LogP contribution in [-0.4, -0.2) is 39.7 Å². The number of aromatic nitrogens is 2. The molecule has 0 spiro atoms. The lowest BCUT2D eigenvalue weighted by molar-refractivity contribution is 0.300. The highest BCUT2D eigenvalue weighted by molar-refractivity contribution is 8.00. The Balaban J connectivity index is 2.80. The number of aliphatic hydroxyl groups excluding tert-OH is 1. The monoisotopic (exact) mass is 273 g/mol. The first-order valence-electron chi connectivity index (χ1n) is 5.64. The van der Waals surface area contributed by atoms with Gasteiger partial charge >= 0.3 is 0 Å². The van der Waals surface area contributed by atoms with E-state index in [1.807, 2.05) is 19.2 Å². The van der Waals surface area contributed by atoms with Gasteiger partial charge in [0, 0.05) is 17.9 Å². The number of aliphatic hydroxyl groups is 1. The molecule has 96 valence electrons. The summed E-state index contributed by atoms with van der Waals surface area (Å²) in [5.41, 5.74) is 0. The third-order valence-corrected chi connectivity index (χ3v) is 3.55.